The molecule has 1 spiro atoms. The summed E-state index contributed by atoms with van der Waals surface area (Å²) < 4.78 is 6.25. The SMILES string of the molecule is C=C1CC(O)[C@H]2OC3CC(C)(Cl)C(Br)C[C@@]13C2(C)C. The second-order valence-electron chi connectivity index (χ2n) is 7.27. The fourth-order valence-electron chi connectivity index (χ4n) is 4.68. The van der Waals surface area contributed by atoms with Gasteiger partial charge in [0.1, 0.15) is 0 Å². The summed E-state index contributed by atoms with van der Waals surface area (Å²) in [4.78, 5) is -0.0548. The molecule has 3 rings (SSSR count). The van der Waals surface area contributed by atoms with Crippen LogP contribution in [0.2, 0.25) is 0 Å². The molecule has 0 aromatic heterocycles. The third-order valence-corrected chi connectivity index (χ3v) is 7.91. The fourth-order valence-corrected chi connectivity index (χ4v) is 5.59. The van der Waals surface area contributed by atoms with Crippen LogP contribution in [-0.2, 0) is 4.74 Å². The lowest BCUT2D eigenvalue weighted by Gasteiger charge is -2.55. The molecule has 0 aromatic carbocycles. The van der Waals surface area contributed by atoms with Gasteiger partial charge in [-0.3, -0.25) is 0 Å². The van der Waals surface area contributed by atoms with Crippen molar-refractivity contribution in [2.75, 3.05) is 0 Å². The molecule has 3 fully saturated rings. The number of aliphatic hydroxyl groups is 1. The number of hydrogen-bond acceptors (Lipinski definition) is 2. The van der Waals surface area contributed by atoms with Gasteiger partial charge in [0, 0.05) is 15.7 Å². The standard InChI is InChI=1S/C15H22BrClO2/c1-8-5-9(18)12-13(2,3)15(8)6-10(16)14(4,17)7-11(15)19-12/h9-12,18H,1,5-7H2,2-4H3/t9?,10?,11?,12-,14?,15-/m1/s1. The van der Waals surface area contributed by atoms with Gasteiger partial charge in [0.25, 0.3) is 0 Å². The van der Waals surface area contributed by atoms with Gasteiger partial charge in [-0.2, -0.15) is 0 Å². The van der Waals surface area contributed by atoms with E-state index in [0.29, 0.717) is 6.42 Å². The summed E-state index contributed by atoms with van der Waals surface area (Å²) in [5.41, 5.74) is 0.992. The molecule has 4 heteroatoms. The van der Waals surface area contributed by atoms with E-state index in [1.165, 1.54) is 0 Å². The van der Waals surface area contributed by atoms with E-state index in [0.717, 1.165) is 18.4 Å². The number of ether oxygens (including phenoxy) is 1. The van der Waals surface area contributed by atoms with Crippen LogP contribution in [-0.4, -0.2) is 33.1 Å². The molecule has 2 saturated carbocycles. The van der Waals surface area contributed by atoms with E-state index >= 15 is 0 Å². The first-order chi connectivity index (χ1) is 8.63. The first-order valence-corrected chi connectivity index (χ1v) is 8.27. The third kappa shape index (κ3) is 1.62. The summed E-state index contributed by atoms with van der Waals surface area (Å²) in [5, 5.41) is 10.3. The Balaban J connectivity index is 2.10. The predicted molar refractivity (Wildman–Crippen MR) is 80.8 cm³/mol. The van der Waals surface area contributed by atoms with Crippen LogP contribution < -0.4 is 0 Å². The fraction of sp³-hybridized carbons (Fsp3) is 0.867. The van der Waals surface area contributed by atoms with Gasteiger partial charge in [-0.25, -0.2) is 0 Å². The van der Waals surface area contributed by atoms with Gasteiger partial charge in [0.15, 0.2) is 0 Å². The molecule has 3 aliphatic rings. The molecule has 0 radical (unpaired) electrons. The van der Waals surface area contributed by atoms with Crippen LogP contribution in [0.4, 0.5) is 0 Å². The molecule has 4 unspecified atom stereocenters. The highest BCUT2D eigenvalue weighted by molar-refractivity contribution is 9.09. The van der Waals surface area contributed by atoms with Crippen LogP contribution in [0.1, 0.15) is 40.0 Å². The molecule has 6 atom stereocenters. The smallest absolute Gasteiger partial charge is 0.0901 e. The molecule has 108 valence electrons. The molecular formula is C15H22BrClO2. The van der Waals surface area contributed by atoms with Crippen molar-refractivity contribution in [1.82, 2.24) is 0 Å². The summed E-state index contributed by atoms with van der Waals surface area (Å²) in [6.45, 7) is 10.8. The Morgan fingerprint density at radius 3 is 2.63 bits per heavy atom. The van der Waals surface area contributed by atoms with Crippen LogP contribution in [0.15, 0.2) is 12.2 Å². The van der Waals surface area contributed by atoms with Crippen molar-refractivity contribution in [3.05, 3.63) is 12.2 Å². The molecule has 1 heterocycles. The van der Waals surface area contributed by atoms with Crippen molar-refractivity contribution in [2.24, 2.45) is 10.8 Å². The number of rotatable bonds is 0. The largest absolute Gasteiger partial charge is 0.390 e. The quantitative estimate of drug-likeness (QED) is 0.534. The summed E-state index contributed by atoms with van der Waals surface area (Å²) >= 11 is 10.4. The number of fused-ring (bicyclic) bond motifs is 1. The Bertz CT molecular complexity index is 434. The van der Waals surface area contributed by atoms with E-state index in [9.17, 15) is 5.11 Å². The van der Waals surface area contributed by atoms with Gasteiger partial charge < -0.3 is 9.84 Å². The first-order valence-electron chi connectivity index (χ1n) is 6.98. The number of aliphatic hydroxyl groups excluding tert-OH is 1. The van der Waals surface area contributed by atoms with Crippen LogP contribution in [0.5, 0.6) is 0 Å². The van der Waals surface area contributed by atoms with E-state index in [1.807, 2.05) is 0 Å². The van der Waals surface area contributed by atoms with Crippen molar-refractivity contribution >= 4 is 27.5 Å². The number of alkyl halides is 2. The Morgan fingerprint density at radius 2 is 2.00 bits per heavy atom. The maximum atomic E-state index is 10.3. The van der Waals surface area contributed by atoms with Gasteiger partial charge in [0.2, 0.25) is 0 Å². The lowest BCUT2D eigenvalue weighted by molar-refractivity contribution is -0.0646. The summed E-state index contributed by atoms with van der Waals surface area (Å²) in [6.07, 6.45) is 1.93. The Kier molecular flexibility index (Phi) is 3.02. The molecule has 2 nitrogen and oxygen atoms in total. The van der Waals surface area contributed by atoms with E-state index in [-0.39, 0.29) is 32.7 Å². The van der Waals surface area contributed by atoms with E-state index in [4.69, 9.17) is 16.3 Å². The van der Waals surface area contributed by atoms with Crippen LogP contribution in [0, 0.1) is 10.8 Å². The molecular weight excluding hydrogens is 328 g/mol. The van der Waals surface area contributed by atoms with Gasteiger partial charge in [0.05, 0.1) is 23.2 Å². The summed E-state index contributed by atoms with van der Waals surface area (Å²) in [7, 11) is 0. The lowest BCUT2D eigenvalue weighted by atomic mass is 9.49. The van der Waals surface area contributed by atoms with Crippen molar-refractivity contribution < 1.29 is 9.84 Å². The Hall–Kier alpha value is 0.430. The average molecular weight is 350 g/mol. The predicted octanol–water partition coefficient (Wildman–Crippen LogP) is 3.64. The minimum atomic E-state index is -0.436. The summed E-state index contributed by atoms with van der Waals surface area (Å²) in [5.74, 6) is 0. The molecule has 1 N–H and O–H groups in total. The minimum Gasteiger partial charge on any atom is -0.390 e. The molecule has 2 bridgehead atoms. The van der Waals surface area contributed by atoms with Gasteiger partial charge in [-0.05, 0) is 26.2 Å². The molecule has 19 heavy (non-hydrogen) atoms. The zero-order valence-electron chi connectivity index (χ0n) is 11.7. The van der Waals surface area contributed by atoms with Crippen molar-refractivity contribution in [3.8, 4) is 0 Å². The Morgan fingerprint density at radius 1 is 1.37 bits per heavy atom. The van der Waals surface area contributed by atoms with Crippen molar-refractivity contribution in [2.45, 2.75) is 68.0 Å². The third-order valence-electron chi connectivity index (χ3n) is 5.90. The van der Waals surface area contributed by atoms with Crippen LogP contribution in [0.25, 0.3) is 0 Å². The highest BCUT2D eigenvalue weighted by Crippen LogP contribution is 2.68. The van der Waals surface area contributed by atoms with E-state index in [2.05, 4.69) is 43.3 Å². The lowest BCUT2D eigenvalue weighted by Crippen LogP contribution is -2.57. The highest BCUT2D eigenvalue weighted by Gasteiger charge is 2.70. The maximum absolute atomic E-state index is 10.3. The zero-order valence-corrected chi connectivity index (χ0v) is 14.1. The van der Waals surface area contributed by atoms with Crippen LogP contribution in [0.3, 0.4) is 0 Å². The zero-order chi connectivity index (χ0) is 14.2. The first kappa shape index (κ1) is 14.4. The average Bonchev–Trinajstić information content (AvgIpc) is 2.41. The van der Waals surface area contributed by atoms with E-state index in [1.54, 1.807) is 0 Å². The van der Waals surface area contributed by atoms with E-state index < -0.39 is 6.10 Å². The molecule has 1 aliphatic heterocycles. The summed E-state index contributed by atoms with van der Waals surface area (Å²) in [6, 6.07) is 0. The molecule has 1 saturated heterocycles. The highest BCUT2D eigenvalue weighted by atomic mass is 79.9. The maximum Gasteiger partial charge on any atom is 0.0901 e. The number of halogens is 2. The second-order valence-corrected chi connectivity index (χ2v) is 9.24. The van der Waals surface area contributed by atoms with Crippen molar-refractivity contribution in [1.29, 1.82) is 0 Å². The normalized spacial score (nSPS) is 56.0. The van der Waals surface area contributed by atoms with Gasteiger partial charge in [-0.1, -0.05) is 41.9 Å². The molecule has 0 aromatic rings. The van der Waals surface area contributed by atoms with Gasteiger partial charge >= 0.3 is 0 Å². The van der Waals surface area contributed by atoms with Crippen LogP contribution >= 0.6 is 27.5 Å². The van der Waals surface area contributed by atoms with Crippen molar-refractivity contribution in [3.63, 3.8) is 0 Å². The second kappa shape index (κ2) is 4.00. The Labute approximate surface area is 128 Å². The topological polar surface area (TPSA) is 29.5 Å². The number of hydrogen-bond donors (Lipinski definition) is 1. The minimum absolute atomic E-state index is 0.0561. The monoisotopic (exact) mass is 348 g/mol. The van der Waals surface area contributed by atoms with Gasteiger partial charge in [-0.15, -0.1) is 11.6 Å². The molecule has 0 amide bonds. The molecule has 2 aliphatic carbocycles.